The van der Waals surface area contributed by atoms with Gasteiger partial charge >= 0.3 is 0 Å². The monoisotopic (exact) mass is 1080 g/mol. The van der Waals surface area contributed by atoms with Crippen molar-refractivity contribution in [1.82, 2.24) is 0 Å². The fourth-order valence-electron chi connectivity index (χ4n) is 6.02. The number of sulfone groups is 2. The van der Waals surface area contributed by atoms with Gasteiger partial charge in [0.1, 0.15) is 32.5 Å². The molecule has 0 aliphatic rings. The largest absolute Gasteiger partial charge is 0.726 e. The molecule has 6 aromatic rings. The molecule has 0 aromatic heterocycles. The predicted molar refractivity (Wildman–Crippen MR) is 248 cm³/mol. The van der Waals surface area contributed by atoms with Crippen molar-refractivity contribution in [2.75, 3.05) is 40.5 Å². The molecular weight excluding hydrogens is 1050 g/mol. The fraction of sp³-hybridized carbons (Fsp3) is 0.0811. The Kier molecular flexibility index (Phi) is 14.5. The second-order valence-electron chi connectivity index (χ2n) is 14.3. The molecule has 0 amide bonds. The average molecular weight is 1080 g/mol. The van der Waals surface area contributed by atoms with Gasteiger partial charge in [-0.05, 0) is 102 Å². The Hall–Kier alpha value is -7.08. The van der Waals surface area contributed by atoms with Crippen LogP contribution < -0.4 is 21.9 Å². The Morgan fingerprint density at radius 1 is 0.600 bits per heavy atom. The van der Waals surface area contributed by atoms with Gasteiger partial charge in [0.25, 0.3) is 30.3 Å². The normalized spacial score (nSPS) is 13.2. The molecule has 0 saturated heterocycles. The standard InChI is InChI=1S/C37H34N10O17S6/c1-65(49,50)31-16-20-17-32(69(58,59)60)36(46-44-29-13-11-26(19-30(29)68(55,56)57)66(51,52)15-14-64-70(61,62)63)37(48)33(20)34(40)35(31)45-42-23-7-9-25(10-8-23)67(53,54)47-24-5-3-22(4-6-24)41-43-28-12-2-21(38)18-27(28)39/h2-13,16-19,47-48H,14-15,38-40H2,1H3,(H,55,56,57)(H,58,59,60)(H,61,62,63)/p-1. The lowest BCUT2D eigenvalue weighted by atomic mass is 10.1. The van der Waals surface area contributed by atoms with Crippen LogP contribution in [0, 0.1) is 0 Å². The number of rotatable bonds is 17. The molecule has 0 unspecified atom stereocenters. The maximum Gasteiger partial charge on any atom is 0.296 e. The quantitative estimate of drug-likeness (QED) is 0.0257. The molecule has 0 aliphatic heterocycles. The number of nitrogens with zero attached hydrogens (tertiary/aromatic N) is 6. The molecule has 0 saturated carbocycles. The Morgan fingerprint density at radius 3 is 1.70 bits per heavy atom. The van der Waals surface area contributed by atoms with Gasteiger partial charge in [-0.15, -0.1) is 20.5 Å². The molecule has 0 atom stereocenters. The first kappa shape index (κ1) is 52.3. The van der Waals surface area contributed by atoms with Crippen molar-refractivity contribution in [1.29, 1.82) is 0 Å². The van der Waals surface area contributed by atoms with Crippen molar-refractivity contribution < 1.29 is 73.5 Å². The highest BCUT2D eigenvalue weighted by molar-refractivity contribution is 7.93. The van der Waals surface area contributed by atoms with E-state index in [1.165, 1.54) is 42.5 Å². The van der Waals surface area contributed by atoms with Crippen LogP contribution in [0.4, 0.5) is 56.9 Å². The van der Waals surface area contributed by atoms with Gasteiger partial charge in [0.05, 0.1) is 55.2 Å². The molecule has 6 aromatic carbocycles. The van der Waals surface area contributed by atoms with Gasteiger partial charge in [0, 0.05) is 17.6 Å². The Labute approximate surface area is 397 Å². The van der Waals surface area contributed by atoms with Crippen LogP contribution in [-0.4, -0.2) is 87.9 Å². The number of hydrogen-bond acceptors (Lipinski definition) is 24. The third kappa shape index (κ3) is 12.4. The zero-order valence-corrected chi connectivity index (χ0v) is 40.0. The lowest BCUT2D eigenvalue weighted by molar-refractivity contribution is 0.276. The number of benzene rings is 6. The summed E-state index contributed by atoms with van der Waals surface area (Å²) in [5, 5.41) is 33.5. The van der Waals surface area contributed by atoms with E-state index in [2.05, 4.69) is 39.6 Å². The van der Waals surface area contributed by atoms with E-state index >= 15 is 0 Å². The minimum Gasteiger partial charge on any atom is -0.726 e. The molecule has 10 N–H and O–H groups in total. The minimum atomic E-state index is -5.43. The van der Waals surface area contributed by atoms with Gasteiger partial charge in [0.15, 0.2) is 25.4 Å². The van der Waals surface area contributed by atoms with Crippen molar-refractivity contribution in [2.45, 2.75) is 24.5 Å². The van der Waals surface area contributed by atoms with E-state index in [9.17, 15) is 69.3 Å². The van der Waals surface area contributed by atoms with Crippen molar-refractivity contribution >= 4 is 128 Å². The number of azo groups is 3. The second kappa shape index (κ2) is 19.4. The lowest BCUT2D eigenvalue weighted by Crippen LogP contribution is -2.16. The summed E-state index contributed by atoms with van der Waals surface area (Å²) in [6, 6.07) is 18.3. The van der Waals surface area contributed by atoms with Crippen LogP contribution in [-0.2, 0) is 64.5 Å². The van der Waals surface area contributed by atoms with Crippen molar-refractivity contribution in [3.8, 4) is 5.75 Å². The van der Waals surface area contributed by atoms with Gasteiger partial charge in [-0.25, -0.2) is 33.7 Å². The number of hydrogen-bond donors (Lipinski definition) is 7. The molecule has 0 heterocycles. The van der Waals surface area contributed by atoms with Crippen LogP contribution in [0.2, 0.25) is 0 Å². The topological polar surface area (TPSA) is 462 Å². The van der Waals surface area contributed by atoms with Gasteiger partial charge in [-0.2, -0.15) is 27.1 Å². The molecule has 0 radical (unpaired) electrons. The number of sulfonamides is 1. The molecule has 0 spiro atoms. The molecule has 70 heavy (non-hydrogen) atoms. The van der Waals surface area contributed by atoms with E-state index in [0.29, 0.717) is 47.0 Å². The molecule has 0 bridgehead atoms. The third-order valence-electron chi connectivity index (χ3n) is 9.25. The third-order valence-corrected chi connectivity index (χ3v) is 15.6. The fourth-order valence-corrected chi connectivity index (χ4v) is 10.8. The summed E-state index contributed by atoms with van der Waals surface area (Å²) < 4.78 is 186. The van der Waals surface area contributed by atoms with E-state index in [4.69, 9.17) is 17.2 Å². The van der Waals surface area contributed by atoms with Gasteiger partial charge in [-0.1, -0.05) is 0 Å². The minimum absolute atomic E-state index is 0.0630. The number of fused-ring (bicyclic) bond motifs is 1. The van der Waals surface area contributed by atoms with Gasteiger partial charge in [0.2, 0.25) is 10.4 Å². The van der Waals surface area contributed by atoms with Gasteiger partial charge in [-0.3, -0.25) is 18.0 Å². The number of aromatic hydroxyl groups is 1. The summed E-state index contributed by atoms with van der Waals surface area (Å²) in [7, 11) is -29.3. The summed E-state index contributed by atoms with van der Waals surface area (Å²) in [6.45, 7) is -1.18. The molecule has 6 rings (SSSR count). The molecule has 0 fully saturated rings. The van der Waals surface area contributed by atoms with Crippen LogP contribution >= 0.6 is 0 Å². The number of nitrogen functional groups attached to an aromatic ring is 3. The summed E-state index contributed by atoms with van der Waals surface area (Å²) in [4.78, 5) is -4.33. The first-order chi connectivity index (χ1) is 32.3. The lowest BCUT2D eigenvalue weighted by Gasteiger charge is -2.14. The number of phenolic OH excluding ortho intramolecular Hbond substituents is 1. The first-order valence-electron chi connectivity index (χ1n) is 18.7. The van der Waals surface area contributed by atoms with E-state index < -0.39 is 132 Å². The summed E-state index contributed by atoms with van der Waals surface area (Å²) >= 11 is 0. The highest BCUT2D eigenvalue weighted by atomic mass is 32.3. The zero-order chi connectivity index (χ0) is 51.8. The summed E-state index contributed by atoms with van der Waals surface area (Å²) in [5.74, 6) is -2.40. The van der Waals surface area contributed by atoms with Crippen molar-refractivity contribution in [2.24, 2.45) is 30.7 Å². The van der Waals surface area contributed by atoms with Crippen LogP contribution in [0.15, 0.2) is 152 Å². The van der Waals surface area contributed by atoms with Crippen LogP contribution in [0.5, 0.6) is 5.75 Å². The van der Waals surface area contributed by atoms with Crippen LogP contribution in [0.3, 0.4) is 0 Å². The molecule has 33 heteroatoms. The smallest absolute Gasteiger partial charge is 0.296 e. The maximum absolute atomic E-state index is 13.2. The van der Waals surface area contributed by atoms with Crippen molar-refractivity contribution in [3.63, 3.8) is 0 Å². The first-order valence-corrected chi connectivity index (χ1v) is 28.0. The summed E-state index contributed by atoms with van der Waals surface area (Å²) in [5.41, 5.74) is 16.1. The Balaban J connectivity index is 1.33. The van der Waals surface area contributed by atoms with E-state index in [1.54, 1.807) is 12.1 Å². The zero-order valence-electron chi connectivity index (χ0n) is 35.1. The Morgan fingerprint density at radius 2 is 1.13 bits per heavy atom. The van der Waals surface area contributed by atoms with Gasteiger partial charge < -0.3 is 26.9 Å². The number of nitrogens with one attached hydrogen (secondary N) is 1. The molecule has 0 aliphatic carbocycles. The highest BCUT2D eigenvalue weighted by Crippen LogP contribution is 2.48. The van der Waals surface area contributed by atoms with E-state index in [0.717, 1.165) is 24.5 Å². The number of nitrogens with two attached hydrogens (primary N) is 3. The molecule has 370 valence electrons. The average Bonchev–Trinajstić information content (AvgIpc) is 3.24. The predicted octanol–water partition coefficient (Wildman–Crippen LogP) is 5.49. The molecule has 27 nitrogen and oxygen atoms in total. The molecular formula is C37H33N10O17S6-. The van der Waals surface area contributed by atoms with E-state index in [1.807, 2.05) is 0 Å². The number of anilines is 4. The highest BCUT2D eigenvalue weighted by Gasteiger charge is 2.28. The van der Waals surface area contributed by atoms with E-state index in [-0.39, 0.29) is 16.3 Å². The number of phenols is 1. The van der Waals surface area contributed by atoms with Crippen LogP contribution in [0.1, 0.15) is 0 Å². The maximum atomic E-state index is 13.2. The van der Waals surface area contributed by atoms with Crippen molar-refractivity contribution in [3.05, 3.63) is 97.1 Å². The second-order valence-corrected chi connectivity index (χ2v) is 23.9. The summed E-state index contributed by atoms with van der Waals surface area (Å²) in [6.07, 6.45) is 0.717. The van der Waals surface area contributed by atoms with Crippen LogP contribution in [0.25, 0.3) is 10.8 Å². The Bertz CT molecular complexity index is 3890. The SMILES string of the molecule is CS(=O)(=O)c1cc2cc(S(=O)(=O)O)c(N=Nc3ccc(S(=O)(=O)CCOS(=O)(=O)[O-])cc3S(=O)(=O)O)c(O)c2c(N)c1N=Nc1ccc(S(=O)(=O)Nc2ccc(N=Nc3ccc(N)cc3N)cc2)cc1.